The maximum atomic E-state index is 13.8. The molecule has 4 rings (SSSR count). The maximum Gasteiger partial charge on any atom is 0.256 e. The van der Waals surface area contributed by atoms with E-state index in [1.807, 2.05) is 6.07 Å². The number of morpholine rings is 1. The number of amidine groups is 1. The molecule has 0 bridgehead atoms. The normalized spacial score (nSPS) is 22.0. The van der Waals surface area contributed by atoms with E-state index in [0.717, 1.165) is 5.56 Å². The molecule has 1 aromatic carbocycles. The van der Waals surface area contributed by atoms with Gasteiger partial charge in [-0.1, -0.05) is 12.1 Å². The van der Waals surface area contributed by atoms with Crippen molar-refractivity contribution in [1.82, 2.24) is 15.1 Å². The summed E-state index contributed by atoms with van der Waals surface area (Å²) in [6.07, 6.45) is 4.95. The van der Waals surface area contributed by atoms with Gasteiger partial charge in [0.2, 0.25) is 0 Å². The van der Waals surface area contributed by atoms with E-state index in [4.69, 9.17) is 4.74 Å². The number of hydrogen-bond acceptors (Lipinski definition) is 6. The van der Waals surface area contributed by atoms with Gasteiger partial charge < -0.3 is 15.0 Å². The molecular weight excluding hydrogens is 411 g/mol. The summed E-state index contributed by atoms with van der Waals surface area (Å²) in [4.78, 5) is 16.7. The lowest BCUT2D eigenvalue weighted by atomic mass is 10.0. The largest absolute Gasteiger partial charge is 0.379 e. The van der Waals surface area contributed by atoms with Crippen molar-refractivity contribution in [3.63, 3.8) is 0 Å². The second-order valence-corrected chi connectivity index (χ2v) is 9.00. The maximum absolute atomic E-state index is 13.8. The summed E-state index contributed by atoms with van der Waals surface area (Å²) in [6, 6.07) is 6.09. The molecular formula is C20H23FN4O4S. The van der Waals surface area contributed by atoms with E-state index in [0.29, 0.717) is 26.3 Å². The predicted octanol–water partition coefficient (Wildman–Crippen LogP) is 0.813. The zero-order valence-electron chi connectivity index (χ0n) is 16.3. The molecule has 1 saturated heterocycles. The van der Waals surface area contributed by atoms with Crippen LogP contribution in [0.1, 0.15) is 11.6 Å². The van der Waals surface area contributed by atoms with Gasteiger partial charge in [-0.25, -0.2) is 12.8 Å². The lowest BCUT2D eigenvalue weighted by Gasteiger charge is -2.35. The van der Waals surface area contributed by atoms with Crippen LogP contribution in [-0.4, -0.2) is 75.1 Å². The van der Waals surface area contributed by atoms with E-state index in [-0.39, 0.29) is 42.1 Å². The van der Waals surface area contributed by atoms with Crippen molar-refractivity contribution in [2.24, 2.45) is 4.40 Å². The number of fused-ring (bicyclic) bond motifs is 1. The Morgan fingerprint density at radius 1 is 1.27 bits per heavy atom. The number of rotatable bonds is 5. The van der Waals surface area contributed by atoms with Crippen molar-refractivity contribution in [1.29, 1.82) is 0 Å². The minimum absolute atomic E-state index is 0.0889. The molecule has 0 spiro atoms. The van der Waals surface area contributed by atoms with Crippen LogP contribution < -0.4 is 5.32 Å². The fourth-order valence-corrected chi connectivity index (χ4v) is 4.72. The van der Waals surface area contributed by atoms with Gasteiger partial charge in [-0.05, 0) is 29.8 Å². The molecule has 1 aromatic rings. The van der Waals surface area contributed by atoms with E-state index in [1.54, 1.807) is 29.3 Å². The van der Waals surface area contributed by atoms with Crippen LogP contribution in [-0.2, 0) is 19.6 Å². The van der Waals surface area contributed by atoms with Crippen LogP contribution >= 0.6 is 0 Å². The molecule has 1 atom stereocenters. The van der Waals surface area contributed by atoms with Crippen LogP contribution in [0.5, 0.6) is 0 Å². The van der Waals surface area contributed by atoms with Crippen molar-refractivity contribution in [3.05, 3.63) is 59.6 Å². The number of carbonyl (C=O) groups excluding carboxylic acids is 1. The summed E-state index contributed by atoms with van der Waals surface area (Å²) in [5.41, 5.74) is 0.953. The number of allylic oxidation sites excluding steroid dienone is 2. The average molecular weight is 434 g/mol. The molecule has 3 aliphatic rings. The minimum Gasteiger partial charge on any atom is -0.379 e. The van der Waals surface area contributed by atoms with Gasteiger partial charge in [0.25, 0.3) is 15.9 Å². The Hall–Kier alpha value is -2.56. The van der Waals surface area contributed by atoms with Crippen LogP contribution in [0.15, 0.2) is 52.6 Å². The van der Waals surface area contributed by atoms with E-state index in [1.165, 1.54) is 12.1 Å². The topological polar surface area (TPSA) is 91.3 Å². The third kappa shape index (κ3) is 4.61. The third-order valence-electron chi connectivity index (χ3n) is 5.28. The second-order valence-electron chi connectivity index (χ2n) is 7.25. The Bertz CT molecular complexity index is 1020. The predicted molar refractivity (Wildman–Crippen MR) is 110 cm³/mol. The molecule has 0 saturated carbocycles. The highest BCUT2D eigenvalue weighted by atomic mass is 32.2. The summed E-state index contributed by atoms with van der Waals surface area (Å²) in [6.45, 7) is 2.96. The van der Waals surface area contributed by atoms with Crippen molar-refractivity contribution in [2.75, 3.05) is 45.1 Å². The highest BCUT2D eigenvalue weighted by Gasteiger charge is 2.31. The summed E-state index contributed by atoms with van der Waals surface area (Å²) in [5.74, 6) is -0.714. The molecule has 0 aromatic heterocycles. The number of nitrogens with one attached hydrogen (secondary N) is 1. The Morgan fingerprint density at radius 3 is 2.83 bits per heavy atom. The molecule has 30 heavy (non-hydrogen) atoms. The first-order chi connectivity index (χ1) is 14.4. The Balaban J connectivity index is 1.53. The molecule has 10 heteroatoms. The average Bonchev–Trinajstić information content (AvgIpc) is 2.73. The molecule has 3 heterocycles. The standard InChI is InChI=1S/C20H23FN4O4S/c21-16-4-1-3-15(13-16)18(24-7-10-29-11-8-24)14-22-20(26)17-5-2-6-25-9-12-30(27,28)23-19(17)25/h1-6,13,18H,7-12,14H2,(H,22,26). The lowest BCUT2D eigenvalue weighted by molar-refractivity contribution is -0.117. The summed E-state index contributed by atoms with van der Waals surface area (Å²) in [7, 11) is -3.59. The number of benzene rings is 1. The summed E-state index contributed by atoms with van der Waals surface area (Å²) < 4.78 is 46.8. The Labute approximate surface area is 174 Å². The van der Waals surface area contributed by atoms with Crippen molar-refractivity contribution in [2.45, 2.75) is 6.04 Å². The second kappa shape index (κ2) is 8.66. The van der Waals surface area contributed by atoms with Crippen molar-refractivity contribution >= 4 is 21.8 Å². The number of sulfonamides is 1. The molecule has 0 aliphatic carbocycles. The first-order valence-electron chi connectivity index (χ1n) is 9.76. The van der Waals surface area contributed by atoms with Crippen molar-refractivity contribution in [3.8, 4) is 0 Å². The number of amides is 1. The first-order valence-corrected chi connectivity index (χ1v) is 11.4. The zero-order chi connectivity index (χ0) is 21.1. The quantitative estimate of drug-likeness (QED) is 0.738. The van der Waals surface area contributed by atoms with E-state index in [2.05, 4.69) is 14.6 Å². The highest BCUT2D eigenvalue weighted by molar-refractivity contribution is 7.90. The van der Waals surface area contributed by atoms with E-state index < -0.39 is 15.9 Å². The monoisotopic (exact) mass is 434 g/mol. The molecule has 1 amide bonds. The van der Waals surface area contributed by atoms with Crippen LogP contribution in [0.3, 0.4) is 0 Å². The number of ether oxygens (including phenoxy) is 1. The molecule has 1 N–H and O–H groups in total. The summed E-state index contributed by atoms with van der Waals surface area (Å²) in [5, 5.41) is 2.88. The van der Waals surface area contributed by atoms with Gasteiger partial charge in [0.15, 0.2) is 5.84 Å². The Morgan fingerprint density at radius 2 is 2.07 bits per heavy atom. The van der Waals surface area contributed by atoms with Gasteiger partial charge in [-0.15, -0.1) is 4.40 Å². The molecule has 3 aliphatic heterocycles. The highest BCUT2D eigenvalue weighted by Crippen LogP contribution is 2.23. The van der Waals surface area contributed by atoms with Crippen LogP contribution in [0, 0.1) is 5.82 Å². The van der Waals surface area contributed by atoms with Gasteiger partial charge in [-0.2, -0.15) is 0 Å². The van der Waals surface area contributed by atoms with Gasteiger partial charge in [0, 0.05) is 32.4 Å². The zero-order valence-corrected chi connectivity index (χ0v) is 17.1. The van der Waals surface area contributed by atoms with Gasteiger partial charge >= 0.3 is 0 Å². The fourth-order valence-electron chi connectivity index (χ4n) is 3.74. The van der Waals surface area contributed by atoms with E-state index in [9.17, 15) is 17.6 Å². The van der Waals surface area contributed by atoms with Crippen LogP contribution in [0.2, 0.25) is 0 Å². The molecule has 160 valence electrons. The van der Waals surface area contributed by atoms with E-state index >= 15 is 0 Å². The smallest absolute Gasteiger partial charge is 0.256 e. The minimum atomic E-state index is -3.59. The number of halogens is 1. The third-order valence-corrected chi connectivity index (χ3v) is 6.43. The molecule has 1 unspecified atom stereocenters. The lowest BCUT2D eigenvalue weighted by Crippen LogP contribution is -2.46. The SMILES string of the molecule is O=C(NCC(c1cccc(F)c1)N1CCOCC1)C1=CC=CN2CCS(=O)(=O)N=C12. The molecule has 1 fully saturated rings. The van der Waals surface area contributed by atoms with Gasteiger partial charge in [0.05, 0.1) is 30.6 Å². The fraction of sp³-hybridized carbons (Fsp3) is 0.400. The summed E-state index contributed by atoms with van der Waals surface area (Å²) >= 11 is 0. The Kier molecular flexibility index (Phi) is 5.98. The first kappa shape index (κ1) is 20.7. The van der Waals surface area contributed by atoms with Crippen LogP contribution in [0.4, 0.5) is 4.39 Å². The van der Waals surface area contributed by atoms with Gasteiger partial charge in [0.1, 0.15) is 5.82 Å². The molecule has 0 radical (unpaired) electrons. The number of carbonyl (C=O) groups is 1. The van der Waals surface area contributed by atoms with Gasteiger partial charge in [-0.3, -0.25) is 9.69 Å². The number of nitrogens with zero attached hydrogens (tertiary/aromatic N) is 3. The van der Waals surface area contributed by atoms with Crippen LogP contribution in [0.25, 0.3) is 0 Å². The molecule has 8 nitrogen and oxygen atoms in total. The number of hydrogen-bond donors (Lipinski definition) is 1. The van der Waals surface area contributed by atoms with Crippen molar-refractivity contribution < 1.29 is 22.3 Å².